The van der Waals surface area contributed by atoms with Crippen LogP contribution in [0.3, 0.4) is 0 Å². The van der Waals surface area contributed by atoms with Crippen LogP contribution >= 0.6 is 23.2 Å². The molecule has 2 aliphatic carbocycles. The monoisotopic (exact) mass is 628 g/mol. The number of nitrogens with zero attached hydrogens (tertiary/aromatic N) is 2. The standard InChI is InChI=1S/C32H22Cl2N4O6/c33-17-11-21-29(39)37-27-19-7-3-1-5-15(19)9-25(27)43-31(41)23-13-18(34)14-24(36-23)32(42)44-26-10-16-6-2-4-8-20(16)28(26)38-30(40)22(12-17)35-21/h1-8,11-14,25-28H,9-10H2,(H,37,39)(H,38,40)/t25-,26-,27+,28+/m0/s1. The molecule has 10 nitrogen and oxygen atoms in total. The normalized spacial score (nSPS) is 22.6. The molecule has 0 spiro atoms. The summed E-state index contributed by atoms with van der Waals surface area (Å²) in [6.07, 6.45) is -1.03. The largest absolute Gasteiger partial charge is 0.455 e. The van der Waals surface area contributed by atoms with Crippen LogP contribution in [0.15, 0.2) is 72.8 Å². The molecular weight excluding hydrogens is 607 g/mol. The topological polar surface area (TPSA) is 137 Å². The summed E-state index contributed by atoms with van der Waals surface area (Å²) < 4.78 is 11.7. The number of aromatic nitrogens is 2. The third kappa shape index (κ3) is 5.16. The Morgan fingerprint density at radius 2 is 0.977 bits per heavy atom. The van der Waals surface area contributed by atoms with E-state index in [-0.39, 0.29) is 32.8 Å². The van der Waals surface area contributed by atoms with Crippen LogP contribution in [-0.2, 0) is 22.3 Å². The maximum atomic E-state index is 13.5. The first-order valence-corrected chi connectivity index (χ1v) is 14.5. The second-order valence-corrected chi connectivity index (χ2v) is 11.6. The van der Waals surface area contributed by atoms with E-state index in [1.807, 2.05) is 48.5 Å². The van der Waals surface area contributed by atoms with Gasteiger partial charge >= 0.3 is 11.9 Å². The molecule has 7 rings (SSSR count). The van der Waals surface area contributed by atoms with Crippen molar-refractivity contribution < 1.29 is 28.7 Å². The maximum Gasteiger partial charge on any atom is 0.357 e. The molecule has 2 aromatic carbocycles. The Morgan fingerprint density at radius 1 is 0.591 bits per heavy atom. The van der Waals surface area contributed by atoms with E-state index in [1.54, 1.807) is 0 Å². The molecule has 3 aliphatic rings. The molecule has 0 unspecified atom stereocenters. The third-order valence-corrected chi connectivity index (χ3v) is 8.36. The second kappa shape index (κ2) is 11.0. The number of hydrogen-bond acceptors (Lipinski definition) is 8. The van der Waals surface area contributed by atoms with Crippen LogP contribution in [0.5, 0.6) is 0 Å². The van der Waals surface area contributed by atoms with Gasteiger partial charge in [0.05, 0.1) is 12.1 Å². The first-order chi connectivity index (χ1) is 21.2. The van der Waals surface area contributed by atoms with Gasteiger partial charge in [-0.1, -0.05) is 71.7 Å². The van der Waals surface area contributed by atoms with Crippen molar-refractivity contribution in [3.05, 3.63) is 128 Å². The summed E-state index contributed by atoms with van der Waals surface area (Å²) in [5.41, 5.74) is 2.64. The number of pyridine rings is 2. The number of rotatable bonds is 0. The number of fused-ring (bicyclic) bond motifs is 10. The summed E-state index contributed by atoms with van der Waals surface area (Å²) >= 11 is 12.6. The van der Waals surface area contributed by atoms with E-state index in [1.165, 1.54) is 24.3 Å². The quantitative estimate of drug-likeness (QED) is 0.270. The van der Waals surface area contributed by atoms with Gasteiger partial charge in [0, 0.05) is 22.9 Å². The van der Waals surface area contributed by atoms with E-state index >= 15 is 0 Å². The number of ether oxygens (including phenoxy) is 2. The van der Waals surface area contributed by atoms with Crippen molar-refractivity contribution in [1.82, 2.24) is 20.6 Å². The van der Waals surface area contributed by atoms with Crippen LogP contribution in [0.1, 0.15) is 76.3 Å². The zero-order valence-electron chi connectivity index (χ0n) is 22.8. The highest BCUT2D eigenvalue weighted by molar-refractivity contribution is 6.31. The van der Waals surface area contributed by atoms with E-state index in [4.69, 9.17) is 32.7 Å². The molecule has 44 heavy (non-hydrogen) atoms. The number of esters is 2. The molecule has 0 fully saturated rings. The Labute approximate surface area is 260 Å². The lowest BCUT2D eigenvalue weighted by Crippen LogP contribution is -2.38. The number of carbonyl (C=O) groups excluding carboxylic acids is 4. The van der Waals surface area contributed by atoms with Crippen molar-refractivity contribution in [2.45, 2.75) is 37.1 Å². The van der Waals surface area contributed by atoms with Crippen molar-refractivity contribution >= 4 is 47.0 Å². The molecule has 1 aliphatic heterocycles. The Morgan fingerprint density at radius 3 is 1.43 bits per heavy atom. The van der Waals surface area contributed by atoms with Crippen LogP contribution in [0.4, 0.5) is 0 Å². The number of halogens is 2. The van der Waals surface area contributed by atoms with Gasteiger partial charge < -0.3 is 20.1 Å². The van der Waals surface area contributed by atoms with Gasteiger partial charge in [-0.05, 0) is 46.5 Å². The van der Waals surface area contributed by atoms with Crippen LogP contribution in [-0.4, -0.2) is 45.9 Å². The van der Waals surface area contributed by atoms with E-state index in [0.29, 0.717) is 12.8 Å². The number of amides is 2. The fourth-order valence-electron chi connectivity index (χ4n) is 5.94. The average molecular weight is 629 g/mol. The van der Waals surface area contributed by atoms with Crippen LogP contribution in [0, 0.1) is 0 Å². The molecule has 0 saturated carbocycles. The van der Waals surface area contributed by atoms with E-state index in [0.717, 1.165) is 22.3 Å². The highest BCUT2D eigenvalue weighted by Gasteiger charge is 2.39. The van der Waals surface area contributed by atoms with Gasteiger partial charge in [-0.3, -0.25) is 9.59 Å². The lowest BCUT2D eigenvalue weighted by molar-refractivity contribution is 0.0212. The van der Waals surface area contributed by atoms with Gasteiger partial charge in [-0.2, -0.15) is 0 Å². The minimum atomic E-state index is -0.832. The van der Waals surface area contributed by atoms with Gasteiger partial charge in [-0.15, -0.1) is 0 Å². The average Bonchev–Trinajstić information content (AvgIpc) is 3.52. The van der Waals surface area contributed by atoms with Crippen LogP contribution < -0.4 is 10.6 Å². The van der Waals surface area contributed by atoms with Crippen LogP contribution in [0.2, 0.25) is 10.0 Å². The summed E-state index contributed by atoms with van der Waals surface area (Å²) in [4.78, 5) is 62.4. The Hall–Kier alpha value is -4.80. The lowest BCUT2D eigenvalue weighted by atomic mass is 10.1. The molecule has 220 valence electrons. The minimum absolute atomic E-state index is 0.0777. The maximum absolute atomic E-state index is 13.5. The zero-order chi connectivity index (χ0) is 30.5. The van der Waals surface area contributed by atoms with Crippen molar-refractivity contribution in [3.8, 4) is 0 Å². The summed E-state index contributed by atoms with van der Waals surface area (Å²) in [6, 6.07) is 18.5. The molecule has 0 radical (unpaired) electrons. The molecular formula is C32H22Cl2N4O6. The molecule has 2 amide bonds. The van der Waals surface area contributed by atoms with E-state index in [2.05, 4.69) is 20.6 Å². The Balaban J connectivity index is 1.32. The van der Waals surface area contributed by atoms with Crippen molar-refractivity contribution in [2.24, 2.45) is 0 Å². The fraction of sp³-hybridized carbons (Fsp3) is 0.188. The third-order valence-electron chi connectivity index (χ3n) is 7.92. The SMILES string of the molecule is O=C1N[C@@H]2c3ccccc3C[C@@H]2OC(=O)c2cc(Cl)cc(n2)C(=O)O[C@H]2Cc3ccccc3[C@H]2NC(=O)c2cc(Cl)cc1n2. The predicted molar refractivity (Wildman–Crippen MR) is 158 cm³/mol. The molecule has 0 saturated heterocycles. The number of carbonyl (C=O) groups is 4. The van der Waals surface area contributed by atoms with Crippen molar-refractivity contribution in [3.63, 3.8) is 0 Å². The Bertz CT molecular complexity index is 1760. The fourth-order valence-corrected chi connectivity index (χ4v) is 6.35. The molecule has 4 bridgehead atoms. The predicted octanol–water partition coefficient (Wildman–Crippen LogP) is 4.60. The molecule has 2 N–H and O–H groups in total. The first-order valence-electron chi connectivity index (χ1n) is 13.8. The highest BCUT2D eigenvalue weighted by Crippen LogP contribution is 2.36. The van der Waals surface area contributed by atoms with Gasteiger partial charge in [-0.25, -0.2) is 19.6 Å². The number of hydrogen-bond donors (Lipinski definition) is 2. The highest BCUT2D eigenvalue weighted by atomic mass is 35.5. The minimum Gasteiger partial charge on any atom is -0.455 e. The van der Waals surface area contributed by atoms with Crippen molar-refractivity contribution in [1.29, 1.82) is 0 Å². The molecule has 12 heteroatoms. The molecule has 4 atom stereocenters. The number of nitrogens with one attached hydrogen (secondary N) is 2. The number of benzene rings is 2. The summed E-state index contributed by atoms with van der Waals surface area (Å²) in [5, 5.41) is 5.99. The summed E-state index contributed by atoms with van der Waals surface area (Å²) in [7, 11) is 0. The van der Waals surface area contributed by atoms with Gasteiger partial charge in [0.1, 0.15) is 23.6 Å². The van der Waals surface area contributed by atoms with Gasteiger partial charge in [0.15, 0.2) is 11.4 Å². The van der Waals surface area contributed by atoms with Crippen LogP contribution in [0.25, 0.3) is 0 Å². The van der Waals surface area contributed by atoms with Gasteiger partial charge in [0.25, 0.3) is 11.8 Å². The molecule has 4 aromatic rings. The zero-order valence-corrected chi connectivity index (χ0v) is 24.3. The van der Waals surface area contributed by atoms with E-state index < -0.39 is 48.0 Å². The smallest absolute Gasteiger partial charge is 0.357 e. The second-order valence-electron chi connectivity index (χ2n) is 10.7. The lowest BCUT2D eigenvalue weighted by Gasteiger charge is -2.23. The van der Waals surface area contributed by atoms with Gasteiger partial charge in [0.2, 0.25) is 0 Å². The summed E-state index contributed by atoms with van der Waals surface area (Å²) in [5.74, 6) is -2.90. The molecule has 3 heterocycles. The molecule has 2 aromatic heterocycles. The van der Waals surface area contributed by atoms with E-state index in [9.17, 15) is 19.2 Å². The first kappa shape index (κ1) is 28.0. The Kier molecular flexibility index (Phi) is 7.02. The van der Waals surface area contributed by atoms with Crippen molar-refractivity contribution in [2.75, 3.05) is 0 Å². The summed E-state index contributed by atoms with van der Waals surface area (Å²) in [6.45, 7) is 0.